The molecule has 0 unspecified atom stereocenters. The second kappa shape index (κ2) is 8.13. The van der Waals surface area contributed by atoms with Gasteiger partial charge in [0, 0.05) is 30.9 Å². The second-order valence-corrected chi connectivity index (χ2v) is 8.57. The smallest absolute Gasteiger partial charge is 0.258 e. The van der Waals surface area contributed by atoms with E-state index in [-0.39, 0.29) is 10.8 Å². The molecule has 0 spiro atoms. The summed E-state index contributed by atoms with van der Waals surface area (Å²) in [6.45, 7) is 5.04. The van der Waals surface area contributed by atoms with E-state index >= 15 is 0 Å². The Kier molecular flexibility index (Phi) is 5.82. The van der Waals surface area contributed by atoms with E-state index in [1.165, 1.54) is 4.31 Å². The summed E-state index contributed by atoms with van der Waals surface area (Å²) in [5.41, 5.74) is 2.62. The van der Waals surface area contributed by atoms with Gasteiger partial charge >= 0.3 is 0 Å². The van der Waals surface area contributed by atoms with E-state index in [4.69, 9.17) is 5.26 Å². The van der Waals surface area contributed by atoms with Crippen molar-refractivity contribution in [2.24, 2.45) is 0 Å². The van der Waals surface area contributed by atoms with Gasteiger partial charge in [0.15, 0.2) is 0 Å². The summed E-state index contributed by atoms with van der Waals surface area (Å²) >= 11 is 0. The molecular formula is C21H23N3O3S. The normalized spacial score (nSPS) is 13.9. The standard InChI is InChI=1S/C21H23N3O3S/c1-3-23(4-2)28(26,27)19-11-12-20-18(14-19)6-5-13-24(20)21(25)17-9-7-16(15-22)8-10-17/h7-12,14H,3-6,13H2,1-2H3. The van der Waals surface area contributed by atoms with Crippen LogP contribution in [0.15, 0.2) is 47.4 Å². The van der Waals surface area contributed by atoms with E-state index in [0.717, 1.165) is 24.1 Å². The summed E-state index contributed by atoms with van der Waals surface area (Å²) in [6.07, 6.45) is 1.50. The molecule has 6 nitrogen and oxygen atoms in total. The topological polar surface area (TPSA) is 81.5 Å². The van der Waals surface area contributed by atoms with Crippen LogP contribution in [0.1, 0.15) is 41.8 Å². The third kappa shape index (κ3) is 3.66. The molecule has 1 aliphatic heterocycles. The van der Waals surface area contributed by atoms with Crippen molar-refractivity contribution in [1.82, 2.24) is 4.31 Å². The summed E-state index contributed by atoms with van der Waals surface area (Å²) in [5.74, 6) is -0.148. The maximum absolute atomic E-state index is 13.0. The van der Waals surface area contributed by atoms with Crippen molar-refractivity contribution in [1.29, 1.82) is 5.26 Å². The van der Waals surface area contributed by atoms with Gasteiger partial charge in [-0.15, -0.1) is 0 Å². The predicted molar refractivity (Wildman–Crippen MR) is 108 cm³/mol. The first-order chi connectivity index (χ1) is 13.4. The molecule has 1 amide bonds. The molecule has 0 N–H and O–H groups in total. The number of hydrogen-bond acceptors (Lipinski definition) is 4. The number of amides is 1. The lowest BCUT2D eigenvalue weighted by Gasteiger charge is -2.30. The van der Waals surface area contributed by atoms with Gasteiger partial charge in [-0.3, -0.25) is 4.79 Å². The first-order valence-corrected chi connectivity index (χ1v) is 10.8. The molecule has 2 aromatic carbocycles. The van der Waals surface area contributed by atoms with Gasteiger partial charge in [-0.25, -0.2) is 8.42 Å². The lowest BCUT2D eigenvalue weighted by Crippen LogP contribution is -2.36. The number of benzene rings is 2. The number of carbonyl (C=O) groups excluding carboxylic acids is 1. The molecule has 0 atom stereocenters. The minimum atomic E-state index is -3.53. The number of hydrogen-bond donors (Lipinski definition) is 0. The van der Waals surface area contributed by atoms with Crippen molar-refractivity contribution in [2.75, 3.05) is 24.5 Å². The molecule has 0 saturated heterocycles. The summed E-state index contributed by atoms with van der Waals surface area (Å²) in [7, 11) is -3.53. The number of sulfonamides is 1. The average molecular weight is 398 g/mol. The second-order valence-electron chi connectivity index (χ2n) is 6.63. The quantitative estimate of drug-likeness (QED) is 0.776. The van der Waals surface area contributed by atoms with Crippen LogP contribution in [-0.2, 0) is 16.4 Å². The maximum Gasteiger partial charge on any atom is 0.258 e. The Bertz CT molecular complexity index is 1020. The van der Waals surface area contributed by atoms with Crippen LogP contribution >= 0.6 is 0 Å². The van der Waals surface area contributed by atoms with E-state index in [1.54, 1.807) is 47.4 Å². The monoisotopic (exact) mass is 397 g/mol. The molecule has 2 aromatic rings. The molecule has 1 aliphatic rings. The number of anilines is 1. The summed E-state index contributed by atoms with van der Waals surface area (Å²) in [6, 6.07) is 13.6. The fourth-order valence-corrected chi connectivity index (χ4v) is 5.01. The lowest BCUT2D eigenvalue weighted by atomic mass is 10.0. The van der Waals surface area contributed by atoms with Crippen molar-refractivity contribution in [3.05, 3.63) is 59.2 Å². The molecule has 0 aromatic heterocycles. The highest BCUT2D eigenvalue weighted by Gasteiger charge is 2.27. The number of nitrogens with zero attached hydrogens (tertiary/aromatic N) is 3. The minimum absolute atomic E-state index is 0.148. The Hall–Kier alpha value is -2.69. The number of rotatable bonds is 5. The molecule has 7 heteroatoms. The van der Waals surface area contributed by atoms with Crippen LogP contribution in [-0.4, -0.2) is 38.3 Å². The van der Waals surface area contributed by atoms with Gasteiger partial charge in [-0.05, 0) is 60.9 Å². The number of nitriles is 1. The van der Waals surface area contributed by atoms with Crippen molar-refractivity contribution in [2.45, 2.75) is 31.6 Å². The molecule has 0 aliphatic carbocycles. The van der Waals surface area contributed by atoms with Gasteiger partial charge in [-0.2, -0.15) is 9.57 Å². The van der Waals surface area contributed by atoms with Crippen molar-refractivity contribution < 1.29 is 13.2 Å². The number of carbonyl (C=O) groups is 1. The van der Waals surface area contributed by atoms with Gasteiger partial charge in [-0.1, -0.05) is 13.8 Å². The predicted octanol–water partition coefficient (Wildman–Crippen LogP) is 3.18. The largest absolute Gasteiger partial charge is 0.308 e. The Labute approximate surface area is 166 Å². The summed E-state index contributed by atoms with van der Waals surface area (Å²) in [5, 5.41) is 8.91. The molecule has 28 heavy (non-hydrogen) atoms. The molecule has 3 rings (SSSR count). The SMILES string of the molecule is CCN(CC)S(=O)(=O)c1ccc2c(c1)CCCN2C(=O)c1ccc(C#N)cc1. The Balaban J connectivity index is 1.94. The Morgan fingerprint density at radius 2 is 1.82 bits per heavy atom. The van der Waals surface area contributed by atoms with Crippen LogP contribution in [0.5, 0.6) is 0 Å². The Morgan fingerprint density at radius 3 is 2.43 bits per heavy atom. The molecule has 0 saturated carbocycles. The minimum Gasteiger partial charge on any atom is -0.308 e. The fourth-order valence-electron chi connectivity index (χ4n) is 3.50. The van der Waals surface area contributed by atoms with E-state index in [2.05, 4.69) is 0 Å². The van der Waals surface area contributed by atoms with Gasteiger partial charge in [0.25, 0.3) is 5.91 Å². The molecule has 0 radical (unpaired) electrons. The number of aryl methyl sites for hydroxylation is 1. The molecular weight excluding hydrogens is 374 g/mol. The molecule has 0 bridgehead atoms. The molecule has 146 valence electrons. The van der Waals surface area contributed by atoms with E-state index in [0.29, 0.717) is 30.8 Å². The van der Waals surface area contributed by atoms with Gasteiger partial charge in [0.2, 0.25) is 10.0 Å². The van der Waals surface area contributed by atoms with Crippen molar-refractivity contribution >= 4 is 21.6 Å². The number of fused-ring (bicyclic) bond motifs is 1. The summed E-state index contributed by atoms with van der Waals surface area (Å²) in [4.78, 5) is 14.9. The molecule has 0 fully saturated rings. The zero-order valence-corrected chi connectivity index (χ0v) is 16.9. The van der Waals surface area contributed by atoms with Gasteiger partial charge in [0.1, 0.15) is 0 Å². The maximum atomic E-state index is 13.0. The van der Waals surface area contributed by atoms with Crippen LogP contribution in [0.4, 0.5) is 5.69 Å². The first-order valence-electron chi connectivity index (χ1n) is 9.37. The summed E-state index contributed by atoms with van der Waals surface area (Å²) < 4.78 is 27.0. The highest BCUT2D eigenvalue weighted by molar-refractivity contribution is 7.89. The van der Waals surface area contributed by atoms with Crippen molar-refractivity contribution in [3.63, 3.8) is 0 Å². The highest BCUT2D eigenvalue weighted by atomic mass is 32.2. The van der Waals surface area contributed by atoms with Crippen LogP contribution in [0.2, 0.25) is 0 Å². The average Bonchev–Trinajstić information content (AvgIpc) is 2.73. The Morgan fingerprint density at radius 1 is 1.14 bits per heavy atom. The van der Waals surface area contributed by atoms with Crippen molar-refractivity contribution in [3.8, 4) is 6.07 Å². The van der Waals surface area contributed by atoms with E-state index in [1.807, 2.05) is 19.9 Å². The van der Waals surface area contributed by atoms with Crippen LogP contribution in [0.25, 0.3) is 0 Å². The fraction of sp³-hybridized carbons (Fsp3) is 0.333. The zero-order valence-electron chi connectivity index (χ0n) is 16.1. The lowest BCUT2D eigenvalue weighted by molar-refractivity contribution is 0.0985. The first kappa shape index (κ1) is 20.1. The van der Waals surface area contributed by atoms with Crippen LogP contribution in [0, 0.1) is 11.3 Å². The molecule has 1 heterocycles. The van der Waals surface area contributed by atoms with Gasteiger partial charge in [0.05, 0.1) is 16.5 Å². The third-order valence-electron chi connectivity index (χ3n) is 5.02. The highest BCUT2D eigenvalue weighted by Crippen LogP contribution is 2.31. The van der Waals surface area contributed by atoms with Gasteiger partial charge < -0.3 is 4.90 Å². The third-order valence-corrected chi connectivity index (χ3v) is 7.06. The van der Waals surface area contributed by atoms with E-state index in [9.17, 15) is 13.2 Å². The zero-order chi connectivity index (χ0) is 20.3. The van der Waals surface area contributed by atoms with E-state index < -0.39 is 10.0 Å². The van der Waals surface area contributed by atoms with Crippen LogP contribution in [0.3, 0.4) is 0 Å². The van der Waals surface area contributed by atoms with Crippen LogP contribution < -0.4 is 4.90 Å².